The fraction of sp³-hybridized carbons (Fsp3) is 0.320. The minimum Gasteiger partial charge on any atom is -0.466 e. The highest BCUT2D eigenvalue weighted by Crippen LogP contribution is 2.37. The molecule has 35 heavy (non-hydrogen) atoms. The van der Waals surface area contributed by atoms with Gasteiger partial charge in [-0.2, -0.15) is 0 Å². The van der Waals surface area contributed by atoms with Crippen molar-refractivity contribution >= 4 is 45.2 Å². The Labute approximate surface area is 216 Å². The number of fused-ring (bicyclic) bond motifs is 3. The lowest BCUT2D eigenvalue weighted by molar-refractivity contribution is -0.176. The molecule has 2 aromatic heterocycles. The molecule has 10 heteroatoms. The normalized spacial score (nSPS) is 14.9. The lowest BCUT2D eigenvalue weighted by Gasteiger charge is -2.22. The van der Waals surface area contributed by atoms with Crippen molar-refractivity contribution in [3.8, 4) is 5.69 Å². The Kier molecular flexibility index (Phi) is 7.10. The maximum absolute atomic E-state index is 12.6. The number of hydrogen-bond acceptors (Lipinski definition) is 7. The minimum absolute atomic E-state index is 0.0246. The SMILES string of the molecule is COC(=O)C(C)(C)OC(=O)CC[C@@H]1N=C(c2ccccn2)c2cc(Br)c(Cl)cc2-n2c(C)cnc21. The van der Waals surface area contributed by atoms with Crippen LogP contribution >= 0.6 is 27.5 Å². The third-order valence-electron chi connectivity index (χ3n) is 5.66. The molecule has 0 aliphatic carbocycles. The van der Waals surface area contributed by atoms with Gasteiger partial charge in [0.25, 0.3) is 0 Å². The summed E-state index contributed by atoms with van der Waals surface area (Å²) in [7, 11) is 1.25. The van der Waals surface area contributed by atoms with Crippen LogP contribution in [-0.4, -0.2) is 44.9 Å². The van der Waals surface area contributed by atoms with Crippen LogP contribution in [0.25, 0.3) is 5.69 Å². The van der Waals surface area contributed by atoms with E-state index in [4.69, 9.17) is 26.1 Å². The van der Waals surface area contributed by atoms with E-state index in [0.29, 0.717) is 28.7 Å². The summed E-state index contributed by atoms with van der Waals surface area (Å²) in [5.41, 5.74) is 2.52. The number of esters is 2. The average molecular weight is 560 g/mol. The van der Waals surface area contributed by atoms with Crippen LogP contribution in [0.3, 0.4) is 0 Å². The molecule has 0 unspecified atom stereocenters. The molecule has 0 amide bonds. The number of carbonyl (C=O) groups is 2. The Morgan fingerprint density at radius 3 is 2.69 bits per heavy atom. The lowest BCUT2D eigenvalue weighted by atomic mass is 10.0. The van der Waals surface area contributed by atoms with Gasteiger partial charge in [-0.3, -0.25) is 19.3 Å². The summed E-state index contributed by atoms with van der Waals surface area (Å²) in [6.45, 7) is 4.94. The summed E-state index contributed by atoms with van der Waals surface area (Å²) in [4.78, 5) is 38.7. The molecule has 1 atom stereocenters. The standard InChI is InChI=1S/C25H24BrClN4O4/c1-14-13-29-23-19(8-9-21(32)35-25(2,3)24(33)34-4)30-22(18-7-5-6-10-28-18)15-11-16(26)17(27)12-20(15)31(14)23/h5-7,10-13,19H,8-9H2,1-4H3/t19-/m0/s1. The fourth-order valence-corrected chi connectivity index (χ4v) is 4.48. The maximum atomic E-state index is 12.6. The van der Waals surface area contributed by atoms with Gasteiger partial charge >= 0.3 is 11.9 Å². The van der Waals surface area contributed by atoms with Crippen molar-refractivity contribution in [1.82, 2.24) is 14.5 Å². The predicted molar refractivity (Wildman–Crippen MR) is 135 cm³/mol. The van der Waals surface area contributed by atoms with E-state index in [2.05, 4.69) is 25.9 Å². The summed E-state index contributed by atoms with van der Waals surface area (Å²) in [5.74, 6) is -0.481. The number of pyridine rings is 1. The van der Waals surface area contributed by atoms with E-state index in [1.54, 1.807) is 12.4 Å². The molecule has 0 saturated heterocycles. The van der Waals surface area contributed by atoms with Crippen LogP contribution in [0.4, 0.5) is 0 Å². The van der Waals surface area contributed by atoms with Crippen LogP contribution in [0.1, 0.15) is 55.5 Å². The van der Waals surface area contributed by atoms with Gasteiger partial charge in [0, 0.05) is 34.5 Å². The molecular formula is C25H24BrClN4O4. The Morgan fingerprint density at radius 1 is 1.23 bits per heavy atom. The van der Waals surface area contributed by atoms with Crippen LogP contribution < -0.4 is 0 Å². The predicted octanol–water partition coefficient (Wildman–Crippen LogP) is 5.16. The lowest BCUT2D eigenvalue weighted by Crippen LogP contribution is -2.38. The molecule has 0 radical (unpaired) electrons. The summed E-state index contributed by atoms with van der Waals surface area (Å²) >= 11 is 10.0. The van der Waals surface area contributed by atoms with Crippen LogP contribution in [0.15, 0.2) is 52.2 Å². The fourth-order valence-electron chi connectivity index (χ4n) is 3.98. The number of nitrogens with zero attached hydrogens (tertiary/aromatic N) is 4. The number of imidazole rings is 1. The van der Waals surface area contributed by atoms with Crippen molar-refractivity contribution in [2.75, 3.05) is 7.11 Å². The second-order valence-corrected chi connectivity index (χ2v) is 9.86. The number of aliphatic imine (C=N–C) groups is 1. The average Bonchev–Trinajstić information content (AvgIpc) is 3.15. The van der Waals surface area contributed by atoms with E-state index in [-0.39, 0.29) is 6.42 Å². The number of halogens is 2. The number of hydrogen-bond donors (Lipinski definition) is 0. The topological polar surface area (TPSA) is 95.7 Å². The van der Waals surface area contributed by atoms with Gasteiger partial charge in [-0.1, -0.05) is 17.7 Å². The van der Waals surface area contributed by atoms with Crippen molar-refractivity contribution in [1.29, 1.82) is 0 Å². The number of methoxy groups -OCH3 is 1. The molecule has 1 aromatic carbocycles. The van der Waals surface area contributed by atoms with Gasteiger partial charge in [-0.15, -0.1) is 0 Å². The second kappa shape index (κ2) is 9.91. The molecule has 0 spiro atoms. The molecule has 0 fully saturated rings. The summed E-state index contributed by atoms with van der Waals surface area (Å²) in [5, 5.41) is 0.551. The smallest absolute Gasteiger partial charge is 0.349 e. The largest absolute Gasteiger partial charge is 0.466 e. The van der Waals surface area contributed by atoms with Gasteiger partial charge < -0.3 is 9.47 Å². The van der Waals surface area contributed by atoms with Gasteiger partial charge in [0.05, 0.1) is 29.2 Å². The van der Waals surface area contributed by atoms with E-state index < -0.39 is 23.6 Å². The highest BCUT2D eigenvalue weighted by Gasteiger charge is 2.34. The van der Waals surface area contributed by atoms with Gasteiger partial charge in [-0.05, 0) is 67.4 Å². The van der Waals surface area contributed by atoms with Crippen molar-refractivity contribution in [3.63, 3.8) is 0 Å². The first kappa shape index (κ1) is 25.1. The zero-order chi connectivity index (χ0) is 25.3. The molecule has 3 heterocycles. The molecule has 0 N–H and O–H groups in total. The van der Waals surface area contributed by atoms with E-state index in [1.807, 2.05) is 41.8 Å². The van der Waals surface area contributed by atoms with Gasteiger partial charge in [0.2, 0.25) is 5.60 Å². The summed E-state index contributed by atoms with van der Waals surface area (Å²) in [6.07, 6.45) is 3.81. The molecule has 1 aliphatic rings. The highest BCUT2D eigenvalue weighted by atomic mass is 79.9. The second-order valence-electron chi connectivity index (χ2n) is 8.60. The van der Waals surface area contributed by atoms with Gasteiger partial charge in [-0.25, -0.2) is 9.78 Å². The number of aryl methyl sites for hydroxylation is 1. The zero-order valence-corrected chi connectivity index (χ0v) is 22.1. The Balaban J connectivity index is 1.76. The van der Waals surface area contributed by atoms with Crippen LogP contribution in [0, 0.1) is 6.92 Å². The minimum atomic E-state index is -1.38. The third-order valence-corrected chi connectivity index (χ3v) is 6.86. The maximum Gasteiger partial charge on any atom is 0.349 e. The molecule has 0 saturated carbocycles. The quantitative estimate of drug-likeness (QED) is 0.387. The van der Waals surface area contributed by atoms with Crippen LogP contribution in [0.5, 0.6) is 0 Å². The Hall–Kier alpha value is -3.04. The third kappa shape index (κ3) is 5.01. The van der Waals surface area contributed by atoms with Crippen molar-refractivity contribution in [2.45, 2.75) is 45.3 Å². The van der Waals surface area contributed by atoms with Gasteiger partial charge in [0.1, 0.15) is 11.9 Å². The van der Waals surface area contributed by atoms with E-state index in [0.717, 1.165) is 21.4 Å². The number of rotatable bonds is 6. The van der Waals surface area contributed by atoms with Crippen LogP contribution in [-0.2, 0) is 19.1 Å². The summed E-state index contributed by atoms with van der Waals surface area (Å²) in [6, 6.07) is 8.93. The first-order chi connectivity index (χ1) is 16.6. The Bertz CT molecular complexity index is 1320. The first-order valence-electron chi connectivity index (χ1n) is 11.0. The molecule has 1 aliphatic heterocycles. The number of carbonyl (C=O) groups excluding carboxylic acids is 2. The van der Waals surface area contributed by atoms with E-state index in [1.165, 1.54) is 21.0 Å². The Morgan fingerprint density at radius 2 is 2.00 bits per heavy atom. The van der Waals surface area contributed by atoms with Crippen molar-refractivity contribution in [3.05, 3.63) is 75.0 Å². The van der Waals surface area contributed by atoms with Crippen molar-refractivity contribution < 1.29 is 19.1 Å². The monoisotopic (exact) mass is 558 g/mol. The van der Waals surface area contributed by atoms with E-state index >= 15 is 0 Å². The van der Waals surface area contributed by atoms with E-state index in [9.17, 15) is 9.59 Å². The molecule has 8 nitrogen and oxygen atoms in total. The molecule has 4 rings (SSSR count). The van der Waals surface area contributed by atoms with Gasteiger partial charge in [0.15, 0.2) is 0 Å². The molecule has 182 valence electrons. The van der Waals surface area contributed by atoms with Crippen molar-refractivity contribution in [2.24, 2.45) is 4.99 Å². The number of ether oxygens (including phenoxy) is 2. The zero-order valence-electron chi connectivity index (χ0n) is 19.7. The number of benzene rings is 1. The summed E-state index contributed by atoms with van der Waals surface area (Å²) < 4.78 is 12.8. The molecular weight excluding hydrogens is 536 g/mol. The number of aromatic nitrogens is 3. The highest BCUT2D eigenvalue weighted by molar-refractivity contribution is 9.10. The molecule has 0 bridgehead atoms. The molecule has 3 aromatic rings. The van der Waals surface area contributed by atoms with Crippen LogP contribution in [0.2, 0.25) is 5.02 Å². The first-order valence-corrected chi connectivity index (χ1v) is 12.1.